The number of fused-ring (bicyclic) bond motifs is 1. The van der Waals surface area contributed by atoms with E-state index in [2.05, 4.69) is 16.0 Å². The van der Waals surface area contributed by atoms with Crippen LogP contribution in [-0.4, -0.2) is 21.9 Å². The molecular formula is C25H20N4O5S. The number of nitrogens with one attached hydrogen (secondary N) is 3. The Bertz CT molecular complexity index is 1460. The zero-order valence-electron chi connectivity index (χ0n) is 18.7. The fourth-order valence-electron chi connectivity index (χ4n) is 3.50. The molecule has 1 heterocycles. The molecule has 3 aromatic carbocycles. The van der Waals surface area contributed by atoms with Crippen LogP contribution in [-0.2, 0) is 0 Å². The lowest BCUT2D eigenvalue weighted by molar-refractivity contribution is -0.385. The maximum absolute atomic E-state index is 12.6. The van der Waals surface area contributed by atoms with E-state index in [9.17, 15) is 19.7 Å². The molecule has 0 spiro atoms. The van der Waals surface area contributed by atoms with E-state index in [0.29, 0.717) is 22.5 Å². The van der Waals surface area contributed by atoms with E-state index < -0.39 is 10.8 Å². The van der Waals surface area contributed by atoms with Crippen LogP contribution in [0.5, 0.6) is 0 Å². The van der Waals surface area contributed by atoms with Gasteiger partial charge in [-0.2, -0.15) is 0 Å². The van der Waals surface area contributed by atoms with Crippen LogP contribution < -0.4 is 16.0 Å². The number of thiocarbonyl (C=S) groups is 1. The normalized spacial score (nSPS) is 10.6. The van der Waals surface area contributed by atoms with E-state index in [1.165, 1.54) is 18.2 Å². The third kappa shape index (κ3) is 5.33. The molecule has 35 heavy (non-hydrogen) atoms. The van der Waals surface area contributed by atoms with Gasteiger partial charge in [0.2, 0.25) is 0 Å². The topological polar surface area (TPSA) is 127 Å². The van der Waals surface area contributed by atoms with Crippen LogP contribution in [0.1, 0.15) is 32.0 Å². The molecule has 0 unspecified atom stereocenters. The van der Waals surface area contributed by atoms with Crippen LogP contribution in [0.25, 0.3) is 11.0 Å². The summed E-state index contributed by atoms with van der Waals surface area (Å²) in [5, 5.41) is 20.1. The predicted octanol–water partition coefficient (Wildman–Crippen LogP) is 5.34. The average Bonchev–Trinajstić information content (AvgIpc) is 3.25. The highest BCUT2D eigenvalue weighted by Crippen LogP contribution is 2.23. The number of nitro benzene ring substituents is 1. The van der Waals surface area contributed by atoms with Gasteiger partial charge in [-0.1, -0.05) is 18.2 Å². The molecule has 176 valence electrons. The number of furan rings is 1. The number of para-hydroxylation sites is 1. The van der Waals surface area contributed by atoms with Gasteiger partial charge in [-0.3, -0.25) is 25.0 Å². The lowest BCUT2D eigenvalue weighted by Crippen LogP contribution is -2.34. The summed E-state index contributed by atoms with van der Waals surface area (Å²) in [6.07, 6.45) is 0. The molecular weight excluding hydrogens is 468 g/mol. The first kappa shape index (κ1) is 23.6. The lowest BCUT2D eigenvalue weighted by Gasteiger charge is -2.13. The smallest absolute Gasteiger partial charge is 0.291 e. The number of hydrogen-bond donors (Lipinski definition) is 3. The Morgan fingerprint density at radius 2 is 1.69 bits per heavy atom. The molecule has 0 bridgehead atoms. The monoisotopic (exact) mass is 488 g/mol. The SMILES string of the molecule is Cc1cc(NC(=S)NC(=O)c2ccc([N+](=O)[O-])c(C)c2)ccc1NC(=O)c1cc2ccccc2o1. The van der Waals surface area contributed by atoms with E-state index in [4.69, 9.17) is 16.6 Å². The molecule has 4 rings (SSSR count). The molecule has 1 aromatic heterocycles. The van der Waals surface area contributed by atoms with Crippen molar-refractivity contribution in [3.05, 3.63) is 99.3 Å². The number of nitrogens with zero attached hydrogens (tertiary/aromatic N) is 1. The molecule has 0 radical (unpaired) electrons. The highest BCUT2D eigenvalue weighted by Gasteiger charge is 2.16. The van der Waals surface area contributed by atoms with Crippen LogP contribution in [0, 0.1) is 24.0 Å². The summed E-state index contributed by atoms with van der Waals surface area (Å²) in [5.41, 5.74) is 3.15. The summed E-state index contributed by atoms with van der Waals surface area (Å²) in [7, 11) is 0. The molecule has 0 fully saturated rings. The zero-order valence-corrected chi connectivity index (χ0v) is 19.6. The van der Waals surface area contributed by atoms with Gasteiger partial charge < -0.3 is 15.1 Å². The summed E-state index contributed by atoms with van der Waals surface area (Å²) in [4.78, 5) is 35.5. The Hall–Kier alpha value is -4.57. The Labute approximate surface area is 205 Å². The number of anilines is 2. The first-order chi connectivity index (χ1) is 16.7. The summed E-state index contributed by atoms with van der Waals surface area (Å²) < 4.78 is 5.60. The number of rotatable bonds is 5. The predicted molar refractivity (Wildman–Crippen MR) is 137 cm³/mol. The van der Waals surface area contributed by atoms with Gasteiger partial charge in [0.15, 0.2) is 10.9 Å². The van der Waals surface area contributed by atoms with Crippen molar-refractivity contribution in [2.45, 2.75) is 13.8 Å². The second-order valence-corrected chi connectivity index (χ2v) is 8.21. The van der Waals surface area contributed by atoms with E-state index in [1.54, 1.807) is 37.3 Å². The average molecular weight is 489 g/mol. The molecule has 0 aliphatic carbocycles. The highest BCUT2D eigenvalue weighted by atomic mass is 32.1. The number of aryl methyl sites for hydroxylation is 2. The number of hydrogen-bond acceptors (Lipinski definition) is 6. The van der Waals surface area contributed by atoms with Crippen molar-refractivity contribution in [1.29, 1.82) is 0 Å². The van der Waals surface area contributed by atoms with Gasteiger partial charge in [0.25, 0.3) is 17.5 Å². The van der Waals surface area contributed by atoms with Gasteiger partial charge in [0.1, 0.15) is 5.58 Å². The maximum atomic E-state index is 12.6. The second kappa shape index (κ2) is 9.74. The van der Waals surface area contributed by atoms with Crippen molar-refractivity contribution < 1.29 is 18.9 Å². The van der Waals surface area contributed by atoms with Crippen molar-refractivity contribution in [3.63, 3.8) is 0 Å². The van der Waals surface area contributed by atoms with E-state index in [1.807, 2.05) is 25.1 Å². The molecule has 2 amide bonds. The molecule has 9 nitrogen and oxygen atoms in total. The molecule has 0 aliphatic rings. The third-order valence-corrected chi connectivity index (χ3v) is 5.47. The fraction of sp³-hybridized carbons (Fsp3) is 0.0800. The maximum Gasteiger partial charge on any atom is 0.291 e. The lowest BCUT2D eigenvalue weighted by atomic mass is 10.1. The highest BCUT2D eigenvalue weighted by molar-refractivity contribution is 7.80. The van der Waals surface area contributed by atoms with Crippen molar-refractivity contribution in [2.24, 2.45) is 0 Å². The van der Waals surface area contributed by atoms with E-state index in [-0.39, 0.29) is 28.0 Å². The van der Waals surface area contributed by atoms with Crippen LogP contribution in [0.3, 0.4) is 0 Å². The molecule has 4 aromatic rings. The summed E-state index contributed by atoms with van der Waals surface area (Å²) >= 11 is 5.22. The first-order valence-corrected chi connectivity index (χ1v) is 10.9. The molecule has 10 heteroatoms. The number of amides is 2. The van der Waals surface area contributed by atoms with Crippen molar-refractivity contribution >= 4 is 57.2 Å². The molecule has 0 aliphatic heterocycles. The summed E-state index contributed by atoms with van der Waals surface area (Å²) in [6.45, 7) is 3.38. The fourth-order valence-corrected chi connectivity index (χ4v) is 3.71. The van der Waals surface area contributed by atoms with Crippen LogP contribution in [0.2, 0.25) is 0 Å². The Morgan fingerprint density at radius 1 is 0.914 bits per heavy atom. The number of benzene rings is 3. The zero-order chi connectivity index (χ0) is 25.1. The molecule has 0 saturated carbocycles. The van der Waals surface area contributed by atoms with Gasteiger partial charge in [0.05, 0.1) is 4.92 Å². The van der Waals surface area contributed by atoms with Crippen molar-refractivity contribution in [3.8, 4) is 0 Å². The van der Waals surface area contributed by atoms with Gasteiger partial charge in [-0.15, -0.1) is 0 Å². The van der Waals surface area contributed by atoms with Gasteiger partial charge in [-0.05, 0) is 74.1 Å². The van der Waals surface area contributed by atoms with Crippen molar-refractivity contribution in [1.82, 2.24) is 5.32 Å². The Morgan fingerprint density at radius 3 is 2.37 bits per heavy atom. The van der Waals surface area contributed by atoms with Crippen molar-refractivity contribution in [2.75, 3.05) is 10.6 Å². The second-order valence-electron chi connectivity index (χ2n) is 7.80. The summed E-state index contributed by atoms with van der Waals surface area (Å²) in [6, 6.07) is 18.3. The quantitative estimate of drug-likeness (QED) is 0.197. The van der Waals surface area contributed by atoms with Gasteiger partial charge >= 0.3 is 0 Å². The van der Waals surface area contributed by atoms with Crippen LogP contribution in [0.4, 0.5) is 17.1 Å². The largest absolute Gasteiger partial charge is 0.451 e. The van der Waals surface area contributed by atoms with Gasteiger partial charge in [-0.25, -0.2) is 0 Å². The van der Waals surface area contributed by atoms with Gasteiger partial charge in [0, 0.05) is 34.0 Å². The van der Waals surface area contributed by atoms with E-state index in [0.717, 1.165) is 10.9 Å². The summed E-state index contributed by atoms with van der Waals surface area (Å²) in [5.74, 6) is -0.656. The number of nitro groups is 1. The standard InChI is InChI=1S/C25H20N4O5S/c1-14-12-18(26-25(35)28-23(30)17-7-10-20(29(32)33)15(2)11-17)8-9-19(14)27-24(31)22-13-16-5-3-4-6-21(16)34-22/h3-13H,1-2H3,(H,27,31)(H2,26,28,30,35). The number of carbonyl (C=O) groups excluding carboxylic acids is 2. The molecule has 0 saturated heterocycles. The third-order valence-electron chi connectivity index (χ3n) is 5.26. The Kier molecular flexibility index (Phi) is 6.56. The minimum absolute atomic E-state index is 0.0597. The first-order valence-electron chi connectivity index (χ1n) is 10.5. The molecule has 3 N–H and O–H groups in total. The van der Waals surface area contributed by atoms with Crippen LogP contribution >= 0.6 is 12.2 Å². The number of carbonyl (C=O) groups is 2. The minimum atomic E-state index is -0.506. The minimum Gasteiger partial charge on any atom is -0.451 e. The Balaban J connectivity index is 1.38. The van der Waals surface area contributed by atoms with E-state index >= 15 is 0 Å². The van der Waals surface area contributed by atoms with Crippen LogP contribution in [0.15, 0.2) is 71.1 Å². The molecule has 0 atom stereocenters.